The van der Waals surface area contributed by atoms with Gasteiger partial charge in [0.15, 0.2) is 5.16 Å². The number of hydrogen-bond donors (Lipinski definition) is 1. The molecule has 108 valence electrons. The highest BCUT2D eigenvalue weighted by Gasteiger charge is 2.10. The molecular formula is C13H22N2O3S. The highest BCUT2D eigenvalue weighted by molar-refractivity contribution is 7.99. The van der Waals surface area contributed by atoms with E-state index in [1.54, 1.807) is 7.11 Å². The zero-order valence-electron chi connectivity index (χ0n) is 11.9. The summed E-state index contributed by atoms with van der Waals surface area (Å²) >= 11 is 1.44. The monoisotopic (exact) mass is 286 g/mol. The fourth-order valence-corrected chi connectivity index (χ4v) is 2.39. The molecule has 1 N–H and O–H groups in total. The minimum absolute atomic E-state index is 0.0119. The minimum Gasteiger partial charge on any atom is -0.390 e. The van der Waals surface area contributed by atoms with E-state index in [-0.39, 0.29) is 6.10 Å². The van der Waals surface area contributed by atoms with Crippen molar-refractivity contribution in [3.63, 3.8) is 0 Å². The third-order valence-corrected chi connectivity index (χ3v) is 3.33. The van der Waals surface area contributed by atoms with Crippen molar-refractivity contribution in [2.75, 3.05) is 26.1 Å². The number of hydrogen-bond acceptors (Lipinski definition) is 6. The topological polar surface area (TPSA) is 64.5 Å². The number of aryl methyl sites for hydroxylation is 2. The van der Waals surface area contributed by atoms with E-state index in [1.165, 1.54) is 11.8 Å². The van der Waals surface area contributed by atoms with E-state index in [4.69, 9.17) is 9.47 Å². The van der Waals surface area contributed by atoms with E-state index in [0.717, 1.165) is 11.4 Å². The average Bonchev–Trinajstić information content (AvgIpc) is 2.33. The molecule has 19 heavy (non-hydrogen) atoms. The lowest BCUT2D eigenvalue weighted by molar-refractivity contribution is -0.0257. The van der Waals surface area contributed by atoms with Crippen molar-refractivity contribution < 1.29 is 14.6 Å². The van der Waals surface area contributed by atoms with Gasteiger partial charge in [-0.05, 0) is 26.8 Å². The van der Waals surface area contributed by atoms with Gasteiger partial charge in [-0.2, -0.15) is 0 Å². The Balaban J connectivity index is 2.31. The quantitative estimate of drug-likeness (QED) is 0.578. The first kappa shape index (κ1) is 16.4. The highest BCUT2D eigenvalue weighted by Crippen LogP contribution is 2.15. The van der Waals surface area contributed by atoms with Crippen LogP contribution in [0.2, 0.25) is 0 Å². The molecule has 0 aliphatic carbocycles. The lowest BCUT2D eigenvalue weighted by Crippen LogP contribution is -2.24. The summed E-state index contributed by atoms with van der Waals surface area (Å²) in [5.41, 5.74) is 1.88. The van der Waals surface area contributed by atoms with Crippen LogP contribution in [0.1, 0.15) is 18.3 Å². The Morgan fingerprint density at radius 2 is 1.89 bits per heavy atom. The molecular weight excluding hydrogens is 264 g/mol. The molecule has 2 atom stereocenters. The molecule has 1 aromatic heterocycles. The molecule has 1 rings (SSSR count). The standard InChI is InChI=1S/C13H22N2O3S/c1-9-5-10(2)15-13(14-9)19-8-12(16)7-18-11(3)6-17-4/h5,11-12,16H,6-8H2,1-4H3. The molecule has 6 heteroatoms. The van der Waals surface area contributed by atoms with Crippen LogP contribution in [0.4, 0.5) is 0 Å². The largest absolute Gasteiger partial charge is 0.390 e. The molecule has 0 aromatic carbocycles. The van der Waals surface area contributed by atoms with Crippen LogP contribution < -0.4 is 0 Å². The summed E-state index contributed by atoms with van der Waals surface area (Å²) in [6.45, 7) is 6.61. The van der Waals surface area contributed by atoms with Gasteiger partial charge in [-0.3, -0.25) is 0 Å². The summed E-state index contributed by atoms with van der Waals surface area (Å²) in [5.74, 6) is 0.516. The molecule has 0 aliphatic heterocycles. The second-order valence-corrected chi connectivity index (χ2v) is 5.48. The third-order valence-electron chi connectivity index (χ3n) is 2.34. The van der Waals surface area contributed by atoms with Crippen LogP contribution >= 0.6 is 11.8 Å². The first-order chi connectivity index (χ1) is 9.01. The number of methoxy groups -OCH3 is 1. The van der Waals surface area contributed by atoms with Gasteiger partial charge in [0.05, 0.1) is 25.4 Å². The molecule has 0 bridgehead atoms. The van der Waals surface area contributed by atoms with Crippen LogP contribution in [0.5, 0.6) is 0 Å². The van der Waals surface area contributed by atoms with Crippen molar-refractivity contribution in [1.29, 1.82) is 0 Å². The zero-order chi connectivity index (χ0) is 14.3. The third kappa shape index (κ3) is 6.87. The number of nitrogens with zero attached hydrogens (tertiary/aromatic N) is 2. The summed E-state index contributed by atoms with van der Waals surface area (Å²) in [6.07, 6.45) is -0.546. The van der Waals surface area contributed by atoms with Crippen LogP contribution in [-0.2, 0) is 9.47 Å². The maximum atomic E-state index is 9.82. The minimum atomic E-state index is -0.534. The van der Waals surface area contributed by atoms with Gasteiger partial charge in [-0.1, -0.05) is 11.8 Å². The van der Waals surface area contributed by atoms with Crippen LogP contribution in [0.3, 0.4) is 0 Å². The second kappa shape index (κ2) is 8.47. The summed E-state index contributed by atoms with van der Waals surface area (Å²) in [7, 11) is 1.63. The molecule has 0 amide bonds. The predicted molar refractivity (Wildman–Crippen MR) is 75.5 cm³/mol. The van der Waals surface area contributed by atoms with E-state index in [2.05, 4.69) is 9.97 Å². The number of thioether (sulfide) groups is 1. The Kier molecular flexibility index (Phi) is 7.30. The van der Waals surface area contributed by atoms with Crippen molar-refractivity contribution in [2.24, 2.45) is 0 Å². The number of rotatable bonds is 8. The molecule has 0 saturated heterocycles. The van der Waals surface area contributed by atoms with Crippen LogP contribution in [-0.4, -0.2) is 53.4 Å². The number of ether oxygens (including phenoxy) is 2. The second-order valence-electron chi connectivity index (χ2n) is 4.50. The van der Waals surface area contributed by atoms with Gasteiger partial charge in [0.1, 0.15) is 0 Å². The number of aliphatic hydroxyl groups is 1. The molecule has 2 unspecified atom stereocenters. The molecule has 0 saturated carbocycles. The Hall–Kier alpha value is -0.690. The van der Waals surface area contributed by atoms with E-state index >= 15 is 0 Å². The van der Waals surface area contributed by atoms with Gasteiger partial charge in [-0.25, -0.2) is 9.97 Å². The van der Waals surface area contributed by atoms with Crippen molar-refractivity contribution >= 4 is 11.8 Å². The Morgan fingerprint density at radius 3 is 2.47 bits per heavy atom. The van der Waals surface area contributed by atoms with Crippen molar-refractivity contribution in [1.82, 2.24) is 9.97 Å². The highest BCUT2D eigenvalue weighted by atomic mass is 32.2. The lowest BCUT2D eigenvalue weighted by Gasteiger charge is -2.15. The van der Waals surface area contributed by atoms with E-state index < -0.39 is 6.10 Å². The van der Waals surface area contributed by atoms with Crippen molar-refractivity contribution in [3.05, 3.63) is 17.5 Å². The van der Waals surface area contributed by atoms with Gasteiger partial charge >= 0.3 is 0 Å². The van der Waals surface area contributed by atoms with Gasteiger partial charge < -0.3 is 14.6 Å². The van der Waals surface area contributed by atoms with Crippen molar-refractivity contribution in [3.8, 4) is 0 Å². The van der Waals surface area contributed by atoms with Crippen LogP contribution in [0, 0.1) is 13.8 Å². The van der Waals surface area contributed by atoms with E-state index in [1.807, 2.05) is 26.8 Å². The Morgan fingerprint density at radius 1 is 1.26 bits per heavy atom. The Bertz CT molecular complexity index is 370. The maximum Gasteiger partial charge on any atom is 0.188 e. The summed E-state index contributed by atoms with van der Waals surface area (Å²) in [4.78, 5) is 8.62. The summed E-state index contributed by atoms with van der Waals surface area (Å²) < 4.78 is 10.4. The molecule has 1 aromatic rings. The van der Waals surface area contributed by atoms with E-state index in [9.17, 15) is 5.11 Å². The zero-order valence-corrected chi connectivity index (χ0v) is 12.7. The molecule has 0 fully saturated rings. The molecule has 5 nitrogen and oxygen atoms in total. The first-order valence-corrected chi connectivity index (χ1v) is 7.23. The van der Waals surface area contributed by atoms with Gasteiger partial charge in [0, 0.05) is 24.3 Å². The lowest BCUT2D eigenvalue weighted by atomic mass is 10.4. The van der Waals surface area contributed by atoms with Gasteiger partial charge in [-0.15, -0.1) is 0 Å². The smallest absolute Gasteiger partial charge is 0.188 e. The molecule has 1 heterocycles. The van der Waals surface area contributed by atoms with Crippen LogP contribution in [0.25, 0.3) is 0 Å². The van der Waals surface area contributed by atoms with E-state index in [0.29, 0.717) is 24.1 Å². The van der Waals surface area contributed by atoms with Crippen LogP contribution in [0.15, 0.2) is 11.2 Å². The summed E-state index contributed by atoms with van der Waals surface area (Å²) in [6, 6.07) is 1.93. The fourth-order valence-electron chi connectivity index (χ4n) is 1.54. The Labute approximate surface area is 118 Å². The maximum absolute atomic E-state index is 9.82. The van der Waals surface area contributed by atoms with Crippen molar-refractivity contribution in [2.45, 2.75) is 38.1 Å². The number of aliphatic hydroxyl groups excluding tert-OH is 1. The summed E-state index contributed by atoms with van der Waals surface area (Å²) in [5, 5.41) is 10.5. The molecule has 0 spiro atoms. The molecule has 0 radical (unpaired) electrons. The van der Waals surface area contributed by atoms with Gasteiger partial charge in [0.25, 0.3) is 0 Å². The fraction of sp³-hybridized carbons (Fsp3) is 0.692. The normalized spacial score (nSPS) is 14.4. The number of aromatic nitrogens is 2. The van der Waals surface area contributed by atoms with Gasteiger partial charge in [0.2, 0.25) is 0 Å². The SMILES string of the molecule is COCC(C)OCC(O)CSc1nc(C)cc(C)n1. The average molecular weight is 286 g/mol. The molecule has 0 aliphatic rings. The first-order valence-electron chi connectivity index (χ1n) is 6.25. The predicted octanol–water partition coefficient (Wildman–Crippen LogP) is 1.60.